The molecule has 0 N–H and O–H groups in total. The second-order valence-corrected chi connectivity index (χ2v) is 0.567. The Kier molecular flexibility index (Phi) is 51.6. The third-order valence-corrected chi connectivity index (χ3v) is 0. The third kappa shape index (κ3) is 72.5. The molecule has 0 aromatic heterocycles. The van der Waals surface area contributed by atoms with Gasteiger partial charge in [-0.3, -0.25) is 0 Å². The summed E-state index contributed by atoms with van der Waals surface area (Å²) >= 11 is 0. The molecule has 0 fully saturated rings. The van der Waals surface area contributed by atoms with Crippen LogP contribution in [0.2, 0.25) is 0 Å². The van der Waals surface area contributed by atoms with Crippen LogP contribution in [0.3, 0.4) is 0 Å². The van der Waals surface area contributed by atoms with Gasteiger partial charge in [-0.25, -0.2) is 0 Å². The summed E-state index contributed by atoms with van der Waals surface area (Å²) in [4.78, 5) is 0. The first-order valence-corrected chi connectivity index (χ1v) is 1.39. The van der Waals surface area contributed by atoms with Crippen molar-refractivity contribution < 1.29 is 49.1 Å². The van der Waals surface area contributed by atoms with Crippen LogP contribution in [-0.2, 0) is 5.48 Å². The van der Waals surface area contributed by atoms with E-state index in [1.807, 2.05) is 0 Å². The molecule has 0 saturated heterocycles. The zero-order valence-electron chi connectivity index (χ0n) is 3.72. The van der Waals surface area contributed by atoms with Gasteiger partial charge in [0.05, 0.1) is 10.8 Å². The molecule has 0 spiro atoms. The smallest absolute Gasteiger partial charge is 2.00 e. The molecule has 0 aromatic rings. The minimum Gasteiger partial charge on any atom is -2.00 e. The normalized spacial score (nSPS) is 5.14. The van der Waals surface area contributed by atoms with E-state index in [0.717, 1.165) is 0 Å². The third-order valence-electron chi connectivity index (χ3n) is 0. The average molecular weight is 146 g/mol. The molecule has 0 amide bonds. The molecule has 7 heavy (non-hydrogen) atoms. The fourth-order valence-electron chi connectivity index (χ4n) is 0. The van der Waals surface area contributed by atoms with Gasteiger partial charge in [0.25, 0.3) is 0 Å². The van der Waals surface area contributed by atoms with Crippen molar-refractivity contribution in [2.24, 2.45) is 0 Å². The summed E-state index contributed by atoms with van der Waals surface area (Å²) in [5.74, 6) is 0. The number of rotatable bonds is 0. The van der Waals surface area contributed by atoms with Crippen LogP contribution in [0.1, 0.15) is 0 Å². The first-order chi connectivity index (χ1) is 1.73. The summed E-state index contributed by atoms with van der Waals surface area (Å²) in [6.45, 7) is 0. The molecule has 0 bridgehead atoms. The van der Waals surface area contributed by atoms with Gasteiger partial charge in [0.1, 0.15) is 0 Å². The van der Waals surface area contributed by atoms with Crippen molar-refractivity contribution in [2.75, 3.05) is 0 Å². The Bertz CT molecular complexity index is 16.4. The van der Waals surface area contributed by atoms with Gasteiger partial charge < -0.3 is 19.5 Å². The second kappa shape index (κ2) is 15.7. The average Bonchev–Trinajstić information content (AvgIpc) is 0.811. The Morgan fingerprint density at radius 1 is 1.00 bits per heavy atom. The monoisotopic (exact) mass is 146 g/mol. The van der Waals surface area contributed by atoms with Crippen LogP contribution in [0.5, 0.6) is 0 Å². The largest absolute Gasteiger partial charge is 2.00 e. The Morgan fingerprint density at radius 3 is 1.00 bits per heavy atom. The molecule has 34 valence electrons. The summed E-state index contributed by atoms with van der Waals surface area (Å²) in [5.41, 5.74) is 0. The Morgan fingerprint density at radius 2 is 1.00 bits per heavy atom. The molecular formula is CaClLiO4. The molecule has 0 heterocycles. The van der Waals surface area contributed by atoms with Crippen LogP contribution in [0.4, 0.5) is 0 Å². The summed E-state index contributed by atoms with van der Waals surface area (Å²) in [5, 5.41) is 0. The van der Waals surface area contributed by atoms with Crippen molar-refractivity contribution in [3.8, 4) is 0 Å². The van der Waals surface area contributed by atoms with Gasteiger partial charge in [0.2, 0.25) is 0 Å². The topological polar surface area (TPSA) is 97.7 Å². The quantitative estimate of drug-likeness (QED) is 0.318. The van der Waals surface area contributed by atoms with Crippen LogP contribution in [0.25, 0.3) is 0 Å². The molecule has 0 atom stereocenters. The van der Waals surface area contributed by atoms with E-state index in [2.05, 4.69) is 0 Å². The minimum absolute atomic E-state index is 0. The van der Waals surface area contributed by atoms with Crippen molar-refractivity contribution in [1.29, 1.82) is 0 Å². The number of halogens is 1. The number of hydrogen-bond donors (Lipinski definition) is 0. The summed E-state index contributed by atoms with van der Waals surface area (Å²) in [7, 11) is -2.85. The molecule has 0 rings (SSSR count). The molecule has 0 saturated carbocycles. The van der Waals surface area contributed by atoms with E-state index in [0.29, 0.717) is 0 Å². The second-order valence-electron chi connectivity index (χ2n) is 0.189. The van der Waals surface area contributed by atoms with Crippen molar-refractivity contribution in [3.05, 3.63) is 0 Å². The summed E-state index contributed by atoms with van der Waals surface area (Å²) < 4.78 is 25.2. The Hall–Kier alpha value is 1.99. The summed E-state index contributed by atoms with van der Waals surface area (Å²) in [6, 6.07) is 0. The molecule has 0 aliphatic rings. The maximum absolute atomic E-state index is 8.41. The molecular weight excluding hydrogens is 146 g/mol. The van der Waals surface area contributed by atoms with Crippen molar-refractivity contribution in [1.82, 2.24) is 0 Å². The van der Waals surface area contributed by atoms with Crippen molar-refractivity contribution in [3.63, 3.8) is 0 Å². The van der Waals surface area contributed by atoms with Gasteiger partial charge in [-0.05, 0) is 0 Å². The molecule has 0 unspecified atom stereocenters. The van der Waals surface area contributed by atoms with Crippen LogP contribution in [0.15, 0.2) is 0 Å². The van der Waals surface area contributed by atoms with Gasteiger partial charge in [-0.2, -0.15) is 0 Å². The van der Waals surface area contributed by atoms with Crippen molar-refractivity contribution >= 4 is 37.7 Å². The molecule has 0 aliphatic carbocycles. The SMILES string of the molecule is [Ca+2].[Li+].[O-2].[O-][Cl+2]([O-])[O-]. The van der Waals surface area contributed by atoms with Crippen molar-refractivity contribution in [2.45, 2.75) is 0 Å². The Labute approximate surface area is 85.8 Å². The van der Waals surface area contributed by atoms with E-state index in [4.69, 9.17) is 14.0 Å². The van der Waals surface area contributed by atoms with Gasteiger partial charge in [0, 0.05) is 0 Å². The van der Waals surface area contributed by atoms with Gasteiger partial charge >= 0.3 is 56.6 Å². The van der Waals surface area contributed by atoms with E-state index in [1.165, 1.54) is 0 Å². The van der Waals surface area contributed by atoms with E-state index in [-0.39, 0.29) is 62.1 Å². The van der Waals surface area contributed by atoms with Crippen LogP contribution in [-0.4, -0.2) is 37.7 Å². The zero-order chi connectivity index (χ0) is 3.58. The standard InChI is InChI=1S/Ca.ClO3.Li.O/c;2-1(3)4;;/q+2;-1;+1;-2. The fourth-order valence-corrected chi connectivity index (χ4v) is 0. The van der Waals surface area contributed by atoms with Gasteiger partial charge in [-0.1, -0.05) is 0 Å². The van der Waals surface area contributed by atoms with Gasteiger partial charge in [-0.15, -0.1) is 0 Å². The van der Waals surface area contributed by atoms with Gasteiger partial charge in [0.15, 0.2) is 0 Å². The van der Waals surface area contributed by atoms with Crippen LogP contribution in [0, 0.1) is 10.8 Å². The first-order valence-electron chi connectivity index (χ1n) is 0.463. The van der Waals surface area contributed by atoms with Crippen LogP contribution >= 0.6 is 0 Å². The maximum atomic E-state index is 8.41. The van der Waals surface area contributed by atoms with E-state index < -0.39 is 10.8 Å². The number of hydrogen-bond acceptors (Lipinski definition) is 3. The molecule has 7 heteroatoms. The molecule has 0 radical (unpaired) electrons. The van der Waals surface area contributed by atoms with E-state index in [1.54, 1.807) is 0 Å². The predicted octanol–water partition coefficient (Wildman–Crippen LogP) is -7.06. The molecule has 0 aromatic carbocycles. The first kappa shape index (κ1) is 23.1. The van der Waals surface area contributed by atoms with E-state index in [9.17, 15) is 0 Å². The summed E-state index contributed by atoms with van der Waals surface area (Å²) in [6.07, 6.45) is 0. The fraction of sp³-hybridized carbons (Fsp3) is 0. The Balaban J connectivity index is -0.0000000150. The van der Waals surface area contributed by atoms with Crippen LogP contribution < -0.4 is 32.8 Å². The maximum Gasteiger partial charge on any atom is 2.00 e. The zero-order valence-corrected chi connectivity index (χ0v) is 6.68. The molecule has 4 nitrogen and oxygen atoms in total. The minimum atomic E-state index is -2.85. The predicted molar refractivity (Wildman–Crippen MR) is 6.44 cm³/mol. The molecule has 0 aliphatic heterocycles. The van der Waals surface area contributed by atoms with E-state index >= 15 is 0 Å².